The fraction of sp³-hybridized carbons (Fsp3) is 0.286. The van der Waals surface area contributed by atoms with Crippen LogP contribution in [0.2, 0.25) is 0 Å². The summed E-state index contributed by atoms with van der Waals surface area (Å²) in [7, 11) is 1.55. The predicted octanol–water partition coefficient (Wildman–Crippen LogP) is 0.332. The molecule has 0 unspecified atom stereocenters. The van der Waals surface area contributed by atoms with Crippen molar-refractivity contribution in [3.05, 3.63) is 33.7 Å². The summed E-state index contributed by atoms with van der Waals surface area (Å²) in [6.07, 6.45) is 3.74. The summed E-state index contributed by atoms with van der Waals surface area (Å²) >= 11 is 0. The molecule has 1 aliphatic carbocycles. The lowest BCUT2D eigenvalue weighted by Crippen LogP contribution is -2.49. The van der Waals surface area contributed by atoms with Crippen molar-refractivity contribution in [2.24, 2.45) is 0 Å². The fourth-order valence-corrected chi connectivity index (χ4v) is 2.67. The first-order valence-corrected chi connectivity index (χ1v) is 5.76. The van der Waals surface area contributed by atoms with Gasteiger partial charge in [0.25, 0.3) is 11.8 Å². The zero-order valence-electron chi connectivity index (χ0n) is 9.91. The van der Waals surface area contributed by atoms with E-state index >= 15 is 0 Å². The SMILES string of the molecule is Cc1ccc2c3c1=CCCC=3C(=O)N(C)C2=O. The largest absolute Gasteiger partial charge is 0.278 e. The number of benzene rings is 1. The van der Waals surface area contributed by atoms with Crippen molar-refractivity contribution >= 4 is 23.5 Å². The number of carbonyl (C=O) groups is 2. The van der Waals surface area contributed by atoms with E-state index in [1.165, 1.54) is 4.90 Å². The van der Waals surface area contributed by atoms with Gasteiger partial charge in [0.1, 0.15) is 0 Å². The highest BCUT2D eigenvalue weighted by Gasteiger charge is 2.30. The van der Waals surface area contributed by atoms with Gasteiger partial charge in [-0.3, -0.25) is 14.5 Å². The molecule has 3 nitrogen and oxygen atoms in total. The smallest absolute Gasteiger partial charge is 0.261 e. The summed E-state index contributed by atoms with van der Waals surface area (Å²) in [6, 6.07) is 3.79. The van der Waals surface area contributed by atoms with Crippen LogP contribution >= 0.6 is 0 Å². The number of rotatable bonds is 0. The Bertz CT molecular complexity index is 670. The maximum Gasteiger partial charge on any atom is 0.261 e. The second kappa shape index (κ2) is 3.29. The molecule has 0 bridgehead atoms. The van der Waals surface area contributed by atoms with E-state index in [4.69, 9.17) is 0 Å². The highest BCUT2D eigenvalue weighted by molar-refractivity contribution is 6.24. The molecule has 86 valence electrons. The summed E-state index contributed by atoms with van der Waals surface area (Å²) in [5.41, 5.74) is 2.59. The van der Waals surface area contributed by atoms with Crippen molar-refractivity contribution in [2.75, 3.05) is 7.05 Å². The molecule has 2 aliphatic rings. The first-order chi connectivity index (χ1) is 8.11. The van der Waals surface area contributed by atoms with E-state index in [-0.39, 0.29) is 11.8 Å². The third kappa shape index (κ3) is 1.22. The van der Waals surface area contributed by atoms with Gasteiger partial charge in [0.15, 0.2) is 0 Å². The van der Waals surface area contributed by atoms with Crippen molar-refractivity contribution in [3.8, 4) is 0 Å². The summed E-state index contributed by atoms with van der Waals surface area (Å²) in [5, 5.41) is 1.95. The van der Waals surface area contributed by atoms with E-state index in [1.807, 2.05) is 19.1 Å². The minimum absolute atomic E-state index is 0.137. The summed E-state index contributed by atoms with van der Waals surface area (Å²) in [5.74, 6) is -0.326. The minimum Gasteiger partial charge on any atom is -0.278 e. The van der Waals surface area contributed by atoms with Crippen molar-refractivity contribution in [2.45, 2.75) is 19.8 Å². The zero-order chi connectivity index (χ0) is 12.2. The molecule has 2 amide bonds. The highest BCUT2D eigenvalue weighted by Crippen LogP contribution is 2.17. The van der Waals surface area contributed by atoms with E-state index in [9.17, 15) is 9.59 Å². The van der Waals surface area contributed by atoms with Crippen molar-refractivity contribution < 1.29 is 9.59 Å². The Balaban J connectivity index is 2.55. The molecule has 0 radical (unpaired) electrons. The van der Waals surface area contributed by atoms with E-state index in [0.717, 1.165) is 34.4 Å². The highest BCUT2D eigenvalue weighted by atomic mass is 16.2. The Kier molecular flexibility index (Phi) is 1.99. The van der Waals surface area contributed by atoms with Crippen molar-refractivity contribution in [1.29, 1.82) is 0 Å². The maximum atomic E-state index is 12.1. The van der Waals surface area contributed by atoms with Crippen LogP contribution in [0.15, 0.2) is 12.1 Å². The Morgan fingerprint density at radius 2 is 1.94 bits per heavy atom. The average Bonchev–Trinajstić information content (AvgIpc) is 2.35. The van der Waals surface area contributed by atoms with Gasteiger partial charge in [0, 0.05) is 23.4 Å². The van der Waals surface area contributed by atoms with Gasteiger partial charge in [-0.15, -0.1) is 0 Å². The third-order valence-electron chi connectivity index (χ3n) is 3.61. The molecule has 1 heterocycles. The summed E-state index contributed by atoms with van der Waals surface area (Å²) < 4.78 is 0. The molecular formula is C14H13NO2. The van der Waals surface area contributed by atoms with E-state index in [1.54, 1.807) is 7.05 Å². The van der Waals surface area contributed by atoms with Crippen LogP contribution in [0, 0.1) is 6.92 Å². The van der Waals surface area contributed by atoms with Gasteiger partial charge >= 0.3 is 0 Å². The van der Waals surface area contributed by atoms with Crippen LogP contribution in [0.3, 0.4) is 0 Å². The van der Waals surface area contributed by atoms with Crippen molar-refractivity contribution in [1.82, 2.24) is 4.90 Å². The van der Waals surface area contributed by atoms with Crippen LogP contribution in [-0.4, -0.2) is 23.8 Å². The predicted molar refractivity (Wildman–Crippen MR) is 64.6 cm³/mol. The molecule has 0 spiro atoms. The Hall–Kier alpha value is -1.90. The third-order valence-corrected chi connectivity index (χ3v) is 3.61. The number of hydrogen-bond donors (Lipinski definition) is 0. The average molecular weight is 227 g/mol. The second-order valence-electron chi connectivity index (χ2n) is 4.61. The molecule has 0 saturated carbocycles. The molecule has 0 saturated heterocycles. The van der Waals surface area contributed by atoms with E-state index < -0.39 is 0 Å². The Labute approximate surface area is 99.0 Å². The number of nitrogens with zero attached hydrogens (tertiary/aromatic N) is 1. The normalized spacial score (nSPS) is 18.0. The van der Waals surface area contributed by atoms with Gasteiger partial charge in [-0.1, -0.05) is 12.1 Å². The van der Waals surface area contributed by atoms with E-state index in [2.05, 4.69) is 6.08 Å². The van der Waals surface area contributed by atoms with Gasteiger partial charge in [-0.2, -0.15) is 0 Å². The minimum atomic E-state index is -0.190. The molecule has 3 rings (SSSR count). The van der Waals surface area contributed by atoms with Gasteiger partial charge in [-0.25, -0.2) is 0 Å². The van der Waals surface area contributed by atoms with Crippen LogP contribution in [0.1, 0.15) is 28.8 Å². The fourth-order valence-electron chi connectivity index (χ4n) is 2.67. The lowest BCUT2D eigenvalue weighted by molar-refractivity contribution is -0.122. The standard InChI is InChI=1S/C14H13NO2/c1-8-6-7-11-12-9(8)4-3-5-10(12)13(16)15(2)14(11)17/h4,6-7H,3,5H2,1-2H3. The van der Waals surface area contributed by atoms with Crippen LogP contribution in [0.25, 0.3) is 11.6 Å². The summed E-state index contributed by atoms with van der Waals surface area (Å²) in [6.45, 7) is 2.02. The van der Waals surface area contributed by atoms with Crippen LogP contribution < -0.4 is 10.4 Å². The molecule has 3 heteroatoms. The number of imide groups is 1. The number of carbonyl (C=O) groups excluding carboxylic acids is 2. The maximum absolute atomic E-state index is 12.1. The number of hydrogen-bond acceptors (Lipinski definition) is 2. The topological polar surface area (TPSA) is 37.4 Å². The first kappa shape index (κ1) is 10.3. The van der Waals surface area contributed by atoms with Crippen molar-refractivity contribution in [3.63, 3.8) is 0 Å². The molecule has 0 aromatic heterocycles. The molecular weight excluding hydrogens is 214 g/mol. The Morgan fingerprint density at radius 1 is 1.18 bits per heavy atom. The lowest BCUT2D eigenvalue weighted by Gasteiger charge is -2.25. The van der Waals surface area contributed by atoms with Gasteiger partial charge in [-0.05, 0) is 36.6 Å². The van der Waals surface area contributed by atoms with Gasteiger partial charge < -0.3 is 0 Å². The second-order valence-corrected chi connectivity index (χ2v) is 4.61. The summed E-state index contributed by atoms with van der Waals surface area (Å²) in [4.78, 5) is 25.4. The van der Waals surface area contributed by atoms with Gasteiger partial charge in [0.05, 0.1) is 0 Å². The quantitative estimate of drug-likeness (QED) is 0.599. The van der Waals surface area contributed by atoms with Crippen LogP contribution in [0.5, 0.6) is 0 Å². The van der Waals surface area contributed by atoms with Crippen LogP contribution in [-0.2, 0) is 4.79 Å². The van der Waals surface area contributed by atoms with Crippen LogP contribution in [0.4, 0.5) is 0 Å². The first-order valence-electron chi connectivity index (χ1n) is 5.76. The molecule has 17 heavy (non-hydrogen) atoms. The Morgan fingerprint density at radius 3 is 2.71 bits per heavy atom. The lowest BCUT2D eigenvalue weighted by atomic mass is 9.90. The molecule has 0 atom stereocenters. The zero-order valence-corrected chi connectivity index (χ0v) is 9.91. The monoisotopic (exact) mass is 227 g/mol. The molecule has 1 aromatic carbocycles. The van der Waals surface area contributed by atoms with E-state index in [0.29, 0.717) is 5.56 Å². The molecule has 1 aromatic rings. The molecule has 0 fully saturated rings. The number of amides is 2. The molecule has 0 N–H and O–H groups in total. The molecule has 1 aliphatic heterocycles. The number of aryl methyl sites for hydroxylation is 1. The van der Waals surface area contributed by atoms with Gasteiger partial charge in [0.2, 0.25) is 0 Å².